The van der Waals surface area contributed by atoms with Crippen LogP contribution in [-0.2, 0) is 0 Å². The lowest BCUT2D eigenvalue weighted by molar-refractivity contribution is 0.155. The van der Waals surface area contributed by atoms with Gasteiger partial charge in [-0.1, -0.05) is 0 Å². The van der Waals surface area contributed by atoms with Gasteiger partial charge in [-0.05, 0) is 49.1 Å². The van der Waals surface area contributed by atoms with Crippen molar-refractivity contribution in [3.05, 3.63) is 21.9 Å². The maximum Gasteiger partial charge on any atom is 0.0569 e. The fourth-order valence-corrected chi connectivity index (χ4v) is 4.52. The standard InChI is InChI=1S/C13H20N2S/c1-9-4-5-16-13(9)12(7-14)15-8-10-2-3-11(15)6-10/h4-5,10-12H,2-3,6-8,14H2,1H3. The smallest absolute Gasteiger partial charge is 0.0569 e. The Labute approximate surface area is 101 Å². The molecule has 1 aliphatic carbocycles. The van der Waals surface area contributed by atoms with Crippen LogP contribution in [0.1, 0.15) is 35.7 Å². The molecule has 0 spiro atoms. The number of nitrogens with two attached hydrogens (primary N) is 1. The van der Waals surface area contributed by atoms with Crippen molar-refractivity contribution in [3.8, 4) is 0 Å². The summed E-state index contributed by atoms with van der Waals surface area (Å²) in [6.45, 7) is 4.26. The molecule has 3 unspecified atom stereocenters. The van der Waals surface area contributed by atoms with Crippen LogP contribution in [0.25, 0.3) is 0 Å². The zero-order chi connectivity index (χ0) is 11.1. The molecule has 2 bridgehead atoms. The third-order valence-electron chi connectivity index (χ3n) is 4.28. The van der Waals surface area contributed by atoms with Crippen LogP contribution in [0.2, 0.25) is 0 Å². The van der Waals surface area contributed by atoms with Crippen molar-refractivity contribution in [2.24, 2.45) is 11.7 Å². The minimum atomic E-state index is 0.482. The second-order valence-electron chi connectivity index (χ2n) is 5.25. The summed E-state index contributed by atoms with van der Waals surface area (Å²) in [5.41, 5.74) is 7.43. The van der Waals surface area contributed by atoms with Gasteiger partial charge in [-0.15, -0.1) is 11.3 Å². The first-order valence-electron chi connectivity index (χ1n) is 6.29. The van der Waals surface area contributed by atoms with Crippen LogP contribution >= 0.6 is 11.3 Å². The first-order valence-corrected chi connectivity index (χ1v) is 7.17. The van der Waals surface area contributed by atoms with Gasteiger partial charge in [0.25, 0.3) is 0 Å². The Morgan fingerprint density at radius 2 is 2.44 bits per heavy atom. The Hall–Kier alpha value is -0.380. The first kappa shape index (κ1) is 10.8. The summed E-state index contributed by atoms with van der Waals surface area (Å²) in [6, 6.07) is 3.52. The maximum absolute atomic E-state index is 6.01. The highest BCUT2D eigenvalue weighted by atomic mass is 32.1. The molecule has 0 aromatic carbocycles. The highest BCUT2D eigenvalue weighted by Gasteiger charge is 2.41. The number of hydrogen-bond donors (Lipinski definition) is 1. The van der Waals surface area contributed by atoms with Gasteiger partial charge in [0.2, 0.25) is 0 Å². The van der Waals surface area contributed by atoms with Gasteiger partial charge in [-0.25, -0.2) is 0 Å². The van der Waals surface area contributed by atoms with Crippen molar-refractivity contribution >= 4 is 11.3 Å². The van der Waals surface area contributed by atoms with Gasteiger partial charge < -0.3 is 5.73 Å². The molecular formula is C13H20N2S. The largest absolute Gasteiger partial charge is 0.329 e. The number of nitrogens with zero attached hydrogens (tertiary/aromatic N) is 1. The summed E-state index contributed by atoms with van der Waals surface area (Å²) in [5, 5.41) is 2.20. The van der Waals surface area contributed by atoms with Crippen LogP contribution in [0.3, 0.4) is 0 Å². The molecule has 2 N–H and O–H groups in total. The van der Waals surface area contributed by atoms with Crippen LogP contribution in [0.5, 0.6) is 0 Å². The third-order valence-corrected chi connectivity index (χ3v) is 5.40. The van der Waals surface area contributed by atoms with E-state index in [0.29, 0.717) is 6.04 Å². The molecule has 2 fully saturated rings. The summed E-state index contributed by atoms with van der Waals surface area (Å²) in [7, 11) is 0. The summed E-state index contributed by atoms with van der Waals surface area (Å²) < 4.78 is 0. The average Bonchev–Trinajstić information content (AvgIpc) is 2.97. The molecule has 2 aliphatic rings. The zero-order valence-electron chi connectivity index (χ0n) is 9.86. The summed E-state index contributed by atoms with van der Waals surface area (Å²) >= 11 is 1.87. The normalized spacial score (nSPS) is 31.1. The topological polar surface area (TPSA) is 29.3 Å². The van der Waals surface area contributed by atoms with Gasteiger partial charge in [0.1, 0.15) is 0 Å². The van der Waals surface area contributed by atoms with Gasteiger partial charge in [-0.2, -0.15) is 0 Å². The predicted molar refractivity (Wildman–Crippen MR) is 68.7 cm³/mol. The van der Waals surface area contributed by atoms with Gasteiger partial charge >= 0.3 is 0 Å². The van der Waals surface area contributed by atoms with Gasteiger partial charge in [0, 0.05) is 24.0 Å². The third kappa shape index (κ3) is 1.62. The molecule has 1 saturated heterocycles. The highest BCUT2D eigenvalue weighted by molar-refractivity contribution is 7.10. The Kier molecular flexibility index (Phi) is 2.78. The van der Waals surface area contributed by atoms with Crippen LogP contribution in [-0.4, -0.2) is 24.0 Å². The van der Waals surface area contributed by atoms with E-state index in [2.05, 4.69) is 23.3 Å². The van der Waals surface area contributed by atoms with E-state index in [1.807, 2.05) is 11.3 Å². The van der Waals surface area contributed by atoms with Crippen LogP contribution < -0.4 is 5.73 Å². The van der Waals surface area contributed by atoms with E-state index in [9.17, 15) is 0 Å². The van der Waals surface area contributed by atoms with E-state index < -0.39 is 0 Å². The molecular weight excluding hydrogens is 216 g/mol. The fraction of sp³-hybridized carbons (Fsp3) is 0.692. The lowest BCUT2D eigenvalue weighted by Gasteiger charge is -2.34. The number of piperidine rings is 1. The average molecular weight is 236 g/mol. The molecule has 16 heavy (non-hydrogen) atoms. The van der Waals surface area contributed by atoms with Gasteiger partial charge in [0.15, 0.2) is 0 Å². The van der Waals surface area contributed by atoms with Gasteiger partial charge in [0.05, 0.1) is 6.04 Å². The molecule has 3 rings (SSSR count). The first-order chi connectivity index (χ1) is 7.79. The quantitative estimate of drug-likeness (QED) is 0.874. The Morgan fingerprint density at radius 1 is 1.56 bits per heavy atom. The molecule has 1 aliphatic heterocycles. The number of rotatable bonds is 3. The monoisotopic (exact) mass is 236 g/mol. The number of likely N-dealkylation sites (tertiary alicyclic amines) is 1. The molecule has 2 nitrogen and oxygen atoms in total. The number of hydrogen-bond acceptors (Lipinski definition) is 3. The molecule has 88 valence electrons. The van der Waals surface area contributed by atoms with Crippen molar-refractivity contribution in [1.29, 1.82) is 0 Å². The van der Waals surface area contributed by atoms with E-state index >= 15 is 0 Å². The summed E-state index contributed by atoms with van der Waals surface area (Å²) in [6.07, 6.45) is 4.26. The molecule has 3 heteroatoms. The van der Waals surface area contributed by atoms with Crippen molar-refractivity contribution in [3.63, 3.8) is 0 Å². The molecule has 1 aromatic rings. The van der Waals surface area contributed by atoms with Crippen molar-refractivity contribution in [2.75, 3.05) is 13.1 Å². The Bertz CT molecular complexity index is 374. The molecule has 1 aromatic heterocycles. The number of fused-ring (bicyclic) bond motifs is 2. The zero-order valence-corrected chi connectivity index (χ0v) is 10.7. The Morgan fingerprint density at radius 3 is 2.94 bits per heavy atom. The highest BCUT2D eigenvalue weighted by Crippen LogP contribution is 2.43. The number of aryl methyl sites for hydroxylation is 1. The van der Waals surface area contributed by atoms with E-state index in [4.69, 9.17) is 5.73 Å². The second kappa shape index (κ2) is 4.13. The van der Waals surface area contributed by atoms with E-state index in [-0.39, 0.29) is 0 Å². The minimum Gasteiger partial charge on any atom is -0.329 e. The van der Waals surface area contributed by atoms with E-state index in [1.54, 1.807) is 0 Å². The minimum absolute atomic E-state index is 0.482. The van der Waals surface area contributed by atoms with Crippen molar-refractivity contribution in [2.45, 2.75) is 38.3 Å². The lowest BCUT2D eigenvalue weighted by atomic mass is 10.1. The molecule has 0 radical (unpaired) electrons. The van der Waals surface area contributed by atoms with Crippen LogP contribution in [0.4, 0.5) is 0 Å². The second-order valence-corrected chi connectivity index (χ2v) is 6.20. The van der Waals surface area contributed by atoms with Crippen LogP contribution in [0, 0.1) is 12.8 Å². The molecule has 3 atom stereocenters. The lowest BCUT2D eigenvalue weighted by Crippen LogP contribution is -2.39. The Balaban J connectivity index is 1.84. The molecule has 0 amide bonds. The van der Waals surface area contributed by atoms with E-state index in [0.717, 1.165) is 18.5 Å². The molecule has 1 saturated carbocycles. The summed E-state index contributed by atoms with van der Waals surface area (Å²) in [4.78, 5) is 4.17. The predicted octanol–water partition coefficient (Wildman–Crippen LogP) is 2.54. The van der Waals surface area contributed by atoms with Crippen LogP contribution in [0.15, 0.2) is 11.4 Å². The fourth-order valence-electron chi connectivity index (χ4n) is 3.46. The van der Waals surface area contributed by atoms with E-state index in [1.165, 1.54) is 36.2 Å². The van der Waals surface area contributed by atoms with Gasteiger partial charge in [-0.3, -0.25) is 4.90 Å². The van der Waals surface area contributed by atoms with Crippen molar-refractivity contribution in [1.82, 2.24) is 4.90 Å². The SMILES string of the molecule is Cc1ccsc1C(CN)N1CC2CCC1C2. The maximum atomic E-state index is 6.01. The number of thiophene rings is 1. The van der Waals surface area contributed by atoms with Crippen molar-refractivity contribution < 1.29 is 0 Å². The summed E-state index contributed by atoms with van der Waals surface area (Å²) in [5.74, 6) is 0.958. The molecule has 2 heterocycles.